The molecule has 0 heterocycles. The van der Waals surface area contributed by atoms with Crippen LogP contribution >= 0.6 is 27.5 Å². The highest BCUT2D eigenvalue weighted by molar-refractivity contribution is 9.10. The Kier molecular flexibility index (Phi) is 2.44. The number of hydrogen-bond donors (Lipinski definition) is 0. The normalized spacial score (nSPS) is 10.3. The fourth-order valence-corrected chi connectivity index (χ4v) is 1.25. The van der Waals surface area contributed by atoms with E-state index in [9.17, 15) is 13.2 Å². The van der Waals surface area contributed by atoms with E-state index in [1.807, 2.05) is 0 Å². The smallest absolute Gasteiger partial charge is 0.180 e. The summed E-state index contributed by atoms with van der Waals surface area (Å²) in [6, 6.07) is 0.677. The lowest BCUT2D eigenvalue weighted by Gasteiger charge is -1.99. The topological polar surface area (TPSA) is 0 Å². The van der Waals surface area contributed by atoms with Crippen LogP contribution in [-0.4, -0.2) is 0 Å². The molecule has 0 nitrogen and oxygen atoms in total. The van der Waals surface area contributed by atoms with Crippen molar-refractivity contribution in [3.63, 3.8) is 0 Å². The lowest BCUT2D eigenvalue weighted by atomic mass is 10.3. The van der Waals surface area contributed by atoms with Crippen LogP contribution in [0.1, 0.15) is 0 Å². The maximum Gasteiger partial charge on any atom is 0.180 e. The van der Waals surface area contributed by atoms with Crippen molar-refractivity contribution in [3.8, 4) is 0 Å². The lowest BCUT2D eigenvalue weighted by molar-refractivity contribution is 0.493. The minimum absolute atomic E-state index is 0.193. The maximum absolute atomic E-state index is 12.6. The summed E-state index contributed by atoms with van der Waals surface area (Å²) in [5, 5.41) is -0.836. The van der Waals surface area contributed by atoms with Crippen molar-refractivity contribution in [2.75, 3.05) is 0 Å². The second-order valence-electron chi connectivity index (χ2n) is 1.78. The molecular formula is C6HBrClF3. The molecule has 0 aliphatic carbocycles. The standard InChI is InChI=1S/C6HBrClF3/c7-2-1-3(9)6(11)4(8)5(2)10/h1H. The summed E-state index contributed by atoms with van der Waals surface area (Å²) in [7, 11) is 0. The van der Waals surface area contributed by atoms with E-state index in [-0.39, 0.29) is 4.47 Å². The van der Waals surface area contributed by atoms with E-state index < -0.39 is 22.5 Å². The summed E-state index contributed by atoms with van der Waals surface area (Å²) in [4.78, 5) is 0. The first-order valence-electron chi connectivity index (χ1n) is 2.52. The molecule has 5 heteroatoms. The second kappa shape index (κ2) is 3.03. The Balaban J connectivity index is 3.46. The van der Waals surface area contributed by atoms with Gasteiger partial charge in [0, 0.05) is 0 Å². The van der Waals surface area contributed by atoms with Crippen molar-refractivity contribution in [1.82, 2.24) is 0 Å². The van der Waals surface area contributed by atoms with Crippen molar-refractivity contribution >= 4 is 27.5 Å². The van der Waals surface area contributed by atoms with Crippen LogP contribution < -0.4 is 0 Å². The quantitative estimate of drug-likeness (QED) is 0.484. The summed E-state index contributed by atoms with van der Waals surface area (Å²) < 4.78 is 37.2. The Morgan fingerprint density at radius 1 is 1.18 bits per heavy atom. The summed E-state index contributed by atoms with van der Waals surface area (Å²) in [6.07, 6.45) is 0. The zero-order valence-corrected chi connectivity index (χ0v) is 7.31. The highest BCUT2D eigenvalue weighted by atomic mass is 79.9. The minimum atomic E-state index is -1.37. The predicted octanol–water partition coefficient (Wildman–Crippen LogP) is 3.52. The summed E-state index contributed by atoms with van der Waals surface area (Å²) in [6.45, 7) is 0. The van der Waals surface area contributed by atoms with Crippen molar-refractivity contribution < 1.29 is 13.2 Å². The molecule has 0 aromatic heterocycles. The van der Waals surface area contributed by atoms with Crippen LogP contribution in [0.4, 0.5) is 13.2 Å². The number of hydrogen-bond acceptors (Lipinski definition) is 0. The van der Waals surface area contributed by atoms with Gasteiger partial charge in [-0.2, -0.15) is 0 Å². The summed E-state index contributed by atoms with van der Waals surface area (Å²) >= 11 is 7.73. The Labute approximate surface area is 74.1 Å². The Hall–Kier alpha value is -0.220. The lowest BCUT2D eigenvalue weighted by Crippen LogP contribution is -1.90. The zero-order chi connectivity index (χ0) is 8.59. The third-order valence-corrected chi connectivity index (χ3v) is 1.97. The molecule has 0 bridgehead atoms. The Morgan fingerprint density at radius 2 is 1.73 bits per heavy atom. The Morgan fingerprint density at radius 3 is 2.27 bits per heavy atom. The van der Waals surface area contributed by atoms with E-state index in [0.29, 0.717) is 6.07 Å². The SMILES string of the molecule is Fc1cc(Br)c(F)c(Cl)c1F. The van der Waals surface area contributed by atoms with Crippen LogP contribution in [0, 0.1) is 17.5 Å². The highest BCUT2D eigenvalue weighted by Gasteiger charge is 2.14. The van der Waals surface area contributed by atoms with Crippen molar-refractivity contribution in [3.05, 3.63) is 33.0 Å². The molecule has 0 radical (unpaired) electrons. The molecule has 60 valence electrons. The molecule has 0 atom stereocenters. The van der Waals surface area contributed by atoms with E-state index in [1.54, 1.807) is 0 Å². The van der Waals surface area contributed by atoms with Crippen LogP contribution in [0.2, 0.25) is 5.02 Å². The molecule has 0 N–H and O–H groups in total. The molecule has 1 aromatic carbocycles. The van der Waals surface area contributed by atoms with E-state index in [0.717, 1.165) is 0 Å². The fourth-order valence-electron chi connectivity index (χ4n) is 0.544. The third kappa shape index (κ3) is 1.51. The van der Waals surface area contributed by atoms with Gasteiger partial charge in [0.2, 0.25) is 0 Å². The molecule has 0 saturated carbocycles. The van der Waals surface area contributed by atoms with E-state index in [4.69, 9.17) is 11.6 Å². The average molecular weight is 245 g/mol. The summed E-state index contributed by atoms with van der Waals surface area (Å²) in [5.41, 5.74) is 0. The molecule has 0 unspecified atom stereocenters. The highest BCUT2D eigenvalue weighted by Crippen LogP contribution is 2.27. The first-order valence-corrected chi connectivity index (χ1v) is 3.69. The van der Waals surface area contributed by atoms with Gasteiger partial charge in [0.25, 0.3) is 0 Å². The molecule has 0 amide bonds. The van der Waals surface area contributed by atoms with Crippen LogP contribution in [0.3, 0.4) is 0 Å². The third-order valence-electron chi connectivity index (χ3n) is 1.06. The fraction of sp³-hybridized carbons (Fsp3) is 0. The van der Waals surface area contributed by atoms with Gasteiger partial charge in [-0.05, 0) is 22.0 Å². The molecule has 1 rings (SSSR count). The Bertz CT molecular complexity index is 274. The minimum Gasteiger partial charge on any atom is -0.204 e. The molecular weight excluding hydrogens is 244 g/mol. The number of rotatable bonds is 0. The molecule has 0 aliphatic rings. The number of benzene rings is 1. The number of halogens is 5. The molecule has 0 saturated heterocycles. The van der Waals surface area contributed by atoms with E-state index in [1.165, 1.54) is 0 Å². The van der Waals surface area contributed by atoms with Crippen LogP contribution in [0.15, 0.2) is 10.5 Å². The van der Waals surface area contributed by atoms with Gasteiger partial charge >= 0.3 is 0 Å². The van der Waals surface area contributed by atoms with Crippen LogP contribution in [-0.2, 0) is 0 Å². The largest absolute Gasteiger partial charge is 0.204 e. The first-order chi connectivity index (χ1) is 5.04. The van der Waals surface area contributed by atoms with E-state index >= 15 is 0 Å². The predicted molar refractivity (Wildman–Crippen MR) is 39.0 cm³/mol. The van der Waals surface area contributed by atoms with Crippen molar-refractivity contribution in [2.24, 2.45) is 0 Å². The van der Waals surface area contributed by atoms with Gasteiger partial charge in [0.05, 0.1) is 4.47 Å². The molecule has 1 aromatic rings. The average Bonchev–Trinajstić information content (AvgIpc) is 1.97. The monoisotopic (exact) mass is 244 g/mol. The zero-order valence-electron chi connectivity index (χ0n) is 4.97. The van der Waals surface area contributed by atoms with Crippen LogP contribution in [0.5, 0.6) is 0 Å². The maximum atomic E-state index is 12.6. The van der Waals surface area contributed by atoms with Gasteiger partial charge in [-0.15, -0.1) is 0 Å². The van der Waals surface area contributed by atoms with Gasteiger partial charge in [-0.1, -0.05) is 11.6 Å². The van der Waals surface area contributed by atoms with Crippen LogP contribution in [0.25, 0.3) is 0 Å². The van der Waals surface area contributed by atoms with Crippen molar-refractivity contribution in [1.29, 1.82) is 0 Å². The van der Waals surface area contributed by atoms with E-state index in [2.05, 4.69) is 15.9 Å². The van der Waals surface area contributed by atoms with Gasteiger partial charge in [-0.25, -0.2) is 13.2 Å². The first kappa shape index (κ1) is 8.87. The van der Waals surface area contributed by atoms with Gasteiger partial charge in [0.15, 0.2) is 17.5 Å². The molecule has 0 fully saturated rings. The molecule has 11 heavy (non-hydrogen) atoms. The van der Waals surface area contributed by atoms with Crippen molar-refractivity contribution in [2.45, 2.75) is 0 Å². The summed E-state index contributed by atoms with van der Waals surface area (Å²) in [5.74, 6) is -3.54. The second-order valence-corrected chi connectivity index (χ2v) is 3.01. The molecule has 0 spiro atoms. The molecule has 0 aliphatic heterocycles. The van der Waals surface area contributed by atoms with Gasteiger partial charge < -0.3 is 0 Å². The van der Waals surface area contributed by atoms with Gasteiger partial charge in [0.1, 0.15) is 5.02 Å². The van der Waals surface area contributed by atoms with Gasteiger partial charge in [-0.3, -0.25) is 0 Å².